The molecule has 1 aromatic carbocycles. The average molecular weight is 291 g/mol. The first-order chi connectivity index (χ1) is 10.0. The van der Waals surface area contributed by atoms with Crippen LogP contribution in [0.4, 0.5) is 14.5 Å². The highest BCUT2D eigenvalue weighted by Crippen LogP contribution is 2.17. The van der Waals surface area contributed by atoms with Crippen molar-refractivity contribution in [1.29, 1.82) is 0 Å². The number of nitrogens with one attached hydrogen (secondary N) is 1. The maximum atomic E-state index is 13.5. The lowest BCUT2D eigenvalue weighted by molar-refractivity contribution is -0.690. The minimum Gasteiger partial charge on any atom is -0.316 e. The van der Waals surface area contributed by atoms with Gasteiger partial charge < -0.3 is 5.32 Å². The third kappa shape index (κ3) is 3.62. The first kappa shape index (κ1) is 15.1. The molecule has 0 saturated carbocycles. The van der Waals surface area contributed by atoms with Crippen molar-refractivity contribution < 1.29 is 18.1 Å². The molecule has 110 valence electrons. The van der Waals surface area contributed by atoms with E-state index in [1.54, 1.807) is 4.57 Å². The molecule has 0 aliphatic rings. The number of hydrogen-bond acceptors (Lipinski definition) is 1. The van der Waals surface area contributed by atoms with Crippen LogP contribution in [0.5, 0.6) is 0 Å². The fourth-order valence-electron chi connectivity index (χ4n) is 2.00. The molecule has 0 fully saturated rings. The highest BCUT2D eigenvalue weighted by molar-refractivity contribution is 5.89. The van der Waals surface area contributed by atoms with Crippen LogP contribution in [0.2, 0.25) is 0 Å². The van der Waals surface area contributed by atoms with Crippen LogP contribution in [0.1, 0.15) is 18.2 Å². The molecular weight excluding hydrogens is 274 g/mol. The molecule has 21 heavy (non-hydrogen) atoms. The van der Waals surface area contributed by atoms with E-state index in [2.05, 4.69) is 5.32 Å². The number of anilines is 1. The highest BCUT2D eigenvalue weighted by Gasteiger charge is 2.17. The van der Waals surface area contributed by atoms with Gasteiger partial charge in [0.25, 0.3) is 5.91 Å². The van der Waals surface area contributed by atoms with Gasteiger partial charge in [-0.1, -0.05) is 13.0 Å². The minimum atomic E-state index is -0.785. The van der Waals surface area contributed by atoms with Crippen LogP contribution >= 0.6 is 0 Å². The van der Waals surface area contributed by atoms with Crippen molar-refractivity contribution in [3.63, 3.8) is 0 Å². The lowest BCUT2D eigenvalue weighted by atomic mass is 10.2. The van der Waals surface area contributed by atoms with Crippen molar-refractivity contribution in [2.75, 3.05) is 5.32 Å². The topological polar surface area (TPSA) is 33.0 Å². The predicted molar refractivity (Wildman–Crippen MR) is 75.7 cm³/mol. The molecule has 5 heteroatoms. The summed E-state index contributed by atoms with van der Waals surface area (Å²) in [5.41, 5.74) is 1.58. The molecule has 3 nitrogen and oxygen atoms in total. The van der Waals surface area contributed by atoms with Crippen molar-refractivity contribution >= 4 is 11.6 Å². The quantitative estimate of drug-likeness (QED) is 0.863. The van der Waals surface area contributed by atoms with Crippen molar-refractivity contribution in [3.8, 4) is 0 Å². The van der Waals surface area contributed by atoms with Gasteiger partial charge in [-0.2, -0.15) is 4.57 Å². The Hall–Kier alpha value is -2.30. The van der Waals surface area contributed by atoms with Crippen LogP contribution in [0, 0.1) is 18.6 Å². The van der Waals surface area contributed by atoms with E-state index < -0.39 is 23.2 Å². The van der Waals surface area contributed by atoms with Gasteiger partial charge in [-0.15, -0.1) is 0 Å². The summed E-state index contributed by atoms with van der Waals surface area (Å²) in [4.78, 5) is 12.0. The molecule has 0 aliphatic heterocycles. The van der Waals surface area contributed by atoms with Gasteiger partial charge in [0.05, 0.1) is 0 Å². The maximum absolute atomic E-state index is 13.5. The second-order valence-electron chi connectivity index (χ2n) is 4.81. The Morgan fingerprint density at radius 1 is 1.19 bits per heavy atom. The van der Waals surface area contributed by atoms with Gasteiger partial charge in [0.15, 0.2) is 11.9 Å². The summed E-state index contributed by atoms with van der Waals surface area (Å²) in [5.74, 6) is -2.04. The highest BCUT2D eigenvalue weighted by atomic mass is 19.1. The van der Waals surface area contributed by atoms with Crippen LogP contribution < -0.4 is 9.88 Å². The molecular formula is C16H17F2N2O+. The summed E-state index contributed by atoms with van der Waals surface area (Å²) in [6.07, 6.45) is 2.72. The fraction of sp³-hybridized carbons (Fsp3) is 0.250. The Morgan fingerprint density at radius 3 is 2.48 bits per heavy atom. The number of rotatable bonds is 4. The van der Waals surface area contributed by atoms with Crippen molar-refractivity contribution in [3.05, 3.63) is 59.4 Å². The van der Waals surface area contributed by atoms with Gasteiger partial charge in [-0.05, 0) is 24.6 Å². The van der Waals surface area contributed by atoms with Crippen LogP contribution in [0.15, 0.2) is 36.5 Å². The van der Waals surface area contributed by atoms with Crippen LogP contribution in [0.25, 0.3) is 0 Å². The third-order valence-corrected chi connectivity index (χ3v) is 3.26. The molecule has 1 amide bonds. The Kier molecular flexibility index (Phi) is 4.62. The number of hydrogen-bond donors (Lipinski definition) is 1. The Morgan fingerprint density at radius 2 is 1.86 bits per heavy atom. The summed E-state index contributed by atoms with van der Waals surface area (Å²) >= 11 is 0. The average Bonchev–Trinajstić information content (AvgIpc) is 2.45. The number of pyridine rings is 1. The molecule has 2 aromatic rings. The van der Waals surface area contributed by atoms with E-state index in [1.807, 2.05) is 32.2 Å². The first-order valence-electron chi connectivity index (χ1n) is 6.74. The molecule has 2 rings (SSSR count). The lowest BCUT2D eigenvalue weighted by Crippen LogP contribution is -2.43. The van der Waals surface area contributed by atoms with Gasteiger partial charge in [0.2, 0.25) is 6.54 Å². The monoisotopic (exact) mass is 291 g/mol. The normalized spacial score (nSPS) is 10.5. The van der Waals surface area contributed by atoms with Gasteiger partial charge in [-0.25, -0.2) is 8.78 Å². The summed E-state index contributed by atoms with van der Waals surface area (Å²) in [6, 6.07) is 7.36. The molecule has 0 unspecified atom stereocenters. The van der Waals surface area contributed by atoms with Gasteiger partial charge in [-0.3, -0.25) is 4.79 Å². The molecule has 0 spiro atoms. The van der Waals surface area contributed by atoms with Crippen molar-refractivity contribution in [1.82, 2.24) is 0 Å². The SMILES string of the molecule is CCc1ccc(C)[n+](CC(=O)Nc2c(F)cccc2F)c1. The van der Waals surface area contributed by atoms with Crippen LogP contribution in [0.3, 0.4) is 0 Å². The standard InChI is InChI=1S/C16H16F2N2O/c1-3-12-8-7-11(2)20(9-12)10-15(21)19-16-13(17)5-4-6-14(16)18/h4-9H,3,10H2,1-2H3/p+1. The molecule has 0 aliphatic carbocycles. The number of amides is 1. The predicted octanol–water partition coefficient (Wildman–Crippen LogP) is 2.76. The van der Waals surface area contributed by atoms with E-state index in [0.29, 0.717) is 0 Å². The van der Waals surface area contributed by atoms with Crippen LogP contribution in [-0.2, 0) is 17.8 Å². The van der Waals surface area contributed by atoms with E-state index in [9.17, 15) is 13.6 Å². The number of nitrogens with zero attached hydrogens (tertiary/aromatic N) is 1. The van der Waals surface area contributed by atoms with Gasteiger partial charge >= 0.3 is 0 Å². The molecule has 1 N–H and O–H groups in total. The minimum absolute atomic E-state index is 0.00739. The first-order valence-corrected chi connectivity index (χ1v) is 6.74. The zero-order valence-electron chi connectivity index (χ0n) is 12.0. The van der Waals surface area contributed by atoms with E-state index in [4.69, 9.17) is 0 Å². The number of aryl methyl sites for hydroxylation is 2. The number of carbonyl (C=O) groups excluding carboxylic acids is 1. The third-order valence-electron chi connectivity index (χ3n) is 3.26. The lowest BCUT2D eigenvalue weighted by Gasteiger charge is -2.07. The van der Waals surface area contributed by atoms with E-state index >= 15 is 0 Å². The largest absolute Gasteiger partial charge is 0.316 e. The Labute approximate surface area is 122 Å². The van der Waals surface area contributed by atoms with E-state index in [0.717, 1.165) is 29.8 Å². The fourth-order valence-corrected chi connectivity index (χ4v) is 2.00. The number of para-hydroxylation sites is 1. The van der Waals surface area contributed by atoms with Crippen LogP contribution in [-0.4, -0.2) is 5.91 Å². The summed E-state index contributed by atoms with van der Waals surface area (Å²) in [5, 5.41) is 2.28. The van der Waals surface area contributed by atoms with Crippen molar-refractivity contribution in [2.24, 2.45) is 0 Å². The van der Waals surface area contributed by atoms with E-state index in [1.165, 1.54) is 6.07 Å². The Balaban J connectivity index is 2.15. The molecule has 0 atom stereocenters. The van der Waals surface area contributed by atoms with Gasteiger partial charge in [0.1, 0.15) is 17.3 Å². The number of halogens is 2. The molecule has 1 aromatic heterocycles. The zero-order valence-corrected chi connectivity index (χ0v) is 12.0. The second kappa shape index (κ2) is 6.43. The molecule has 0 saturated heterocycles. The van der Waals surface area contributed by atoms with Crippen molar-refractivity contribution in [2.45, 2.75) is 26.8 Å². The Bertz CT molecular complexity index is 651. The number of benzene rings is 1. The number of aromatic nitrogens is 1. The number of carbonyl (C=O) groups is 1. The molecule has 0 bridgehead atoms. The summed E-state index contributed by atoms with van der Waals surface area (Å²) in [6.45, 7) is 3.90. The summed E-state index contributed by atoms with van der Waals surface area (Å²) < 4.78 is 28.7. The molecule has 0 radical (unpaired) electrons. The zero-order chi connectivity index (χ0) is 15.4. The summed E-state index contributed by atoms with van der Waals surface area (Å²) in [7, 11) is 0. The molecule has 1 heterocycles. The smallest absolute Gasteiger partial charge is 0.290 e. The van der Waals surface area contributed by atoms with E-state index in [-0.39, 0.29) is 6.54 Å². The maximum Gasteiger partial charge on any atom is 0.290 e. The van der Waals surface area contributed by atoms with Gasteiger partial charge in [0, 0.05) is 18.6 Å². The second-order valence-corrected chi connectivity index (χ2v) is 4.81.